The smallest absolute Gasteiger partial charge is 0.279 e. The summed E-state index contributed by atoms with van der Waals surface area (Å²) in [7, 11) is 0. The number of rotatable bonds is 5. The normalized spacial score (nSPS) is 10.7. The molecule has 4 nitrogen and oxygen atoms in total. The van der Waals surface area contributed by atoms with Crippen molar-refractivity contribution in [3.63, 3.8) is 0 Å². The second kappa shape index (κ2) is 7.71. The molecular weight excluding hydrogens is 310 g/mol. The SMILES string of the molecule is CC(C)c1ccc(C(=O)N(Cc2ccccc2)c2ccccc2)nn1. The summed E-state index contributed by atoms with van der Waals surface area (Å²) < 4.78 is 0. The fraction of sp³-hybridized carbons (Fsp3) is 0.190. The van der Waals surface area contributed by atoms with Crippen LogP contribution in [0.1, 0.15) is 41.5 Å². The van der Waals surface area contributed by atoms with Crippen LogP contribution < -0.4 is 4.90 Å². The van der Waals surface area contributed by atoms with Crippen molar-refractivity contribution in [2.24, 2.45) is 0 Å². The molecule has 3 rings (SSSR count). The number of benzene rings is 2. The molecule has 0 fully saturated rings. The van der Waals surface area contributed by atoms with E-state index in [1.807, 2.05) is 66.7 Å². The third-order valence-electron chi connectivity index (χ3n) is 3.99. The van der Waals surface area contributed by atoms with E-state index in [1.54, 1.807) is 11.0 Å². The highest BCUT2D eigenvalue weighted by Gasteiger charge is 2.20. The molecule has 0 atom stereocenters. The molecule has 0 spiro atoms. The average Bonchev–Trinajstić information content (AvgIpc) is 2.67. The lowest BCUT2D eigenvalue weighted by Gasteiger charge is -2.22. The van der Waals surface area contributed by atoms with Gasteiger partial charge in [-0.1, -0.05) is 62.4 Å². The second-order valence-electron chi connectivity index (χ2n) is 6.21. The minimum atomic E-state index is -0.155. The average molecular weight is 331 g/mol. The van der Waals surface area contributed by atoms with Crippen LogP contribution in [0.5, 0.6) is 0 Å². The minimum Gasteiger partial charge on any atom is -0.303 e. The Morgan fingerprint density at radius 2 is 1.52 bits per heavy atom. The molecule has 1 aromatic heterocycles. The molecule has 4 heteroatoms. The molecule has 0 N–H and O–H groups in total. The van der Waals surface area contributed by atoms with E-state index in [-0.39, 0.29) is 11.8 Å². The van der Waals surface area contributed by atoms with Crippen molar-refractivity contribution in [3.05, 3.63) is 89.7 Å². The summed E-state index contributed by atoms with van der Waals surface area (Å²) in [5, 5.41) is 8.33. The summed E-state index contributed by atoms with van der Waals surface area (Å²) in [6.07, 6.45) is 0. The Morgan fingerprint density at radius 3 is 2.08 bits per heavy atom. The largest absolute Gasteiger partial charge is 0.303 e. The van der Waals surface area contributed by atoms with Gasteiger partial charge in [-0.25, -0.2) is 0 Å². The zero-order chi connectivity index (χ0) is 17.6. The molecule has 0 aliphatic carbocycles. The van der Waals surface area contributed by atoms with Gasteiger partial charge >= 0.3 is 0 Å². The van der Waals surface area contributed by atoms with Crippen LogP contribution in [-0.2, 0) is 6.54 Å². The van der Waals surface area contributed by atoms with Gasteiger partial charge in [-0.3, -0.25) is 4.79 Å². The van der Waals surface area contributed by atoms with E-state index in [0.717, 1.165) is 16.9 Å². The van der Waals surface area contributed by atoms with Crippen molar-refractivity contribution in [3.8, 4) is 0 Å². The highest BCUT2D eigenvalue weighted by atomic mass is 16.2. The monoisotopic (exact) mass is 331 g/mol. The van der Waals surface area contributed by atoms with Gasteiger partial charge in [0, 0.05) is 5.69 Å². The highest BCUT2D eigenvalue weighted by molar-refractivity contribution is 6.04. The Bertz CT molecular complexity index is 815. The molecular formula is C21H21N3O. The first-order chi connectivity index (χ1) is 12.1. The zero-order valence-corrected chi connectivity index (χ0v) is 14.5. The van der Waals surface area contributed by atoms with Crippen LogP contribution in [0.25, 0.3) is 0 Å². The van der Waals surface area contributed by atoms with Crippen molar-refractivity contribution >= 4 is 11.6 Å². The summed E-state index contributed by atoms with van der Waals surface area (Å²) in [4.78, 5) is 14.8. The van der Waals surface area contributed by atoms with E-state index in [2.05, 4.69) is 24.0 Å². The van der Waals surface area contributed by atoms with Gasteiger partial charge < -0.3 is 4.90 Å². The van der Waals surface area contributed by atoms with Crippen molar-refractivity contribution in [1.82, 2.24) is 10.2 Å². The van der Waals surface area contributed by atoms with Gasteiger partial charge in [0.05, 0.1) is 12.2 Å². The van der Waals surface area contributed by atoms with Crippen LogP contribution in [0.2, 0.25) is 0 Å². The molecule has 0 aliphatic rings. The van der Waals surface area contributed by atoms with E-state index in [0.29, 0.717) is 12.2 Å². The van der Waals surface area contributed by atoms with Crippen LogP contribution in [0.3, 0.4) is 0 Å². The lowest BCUT2D eigenvalue weighted by Crippen LogP contribution is -2.31. The Morgan fingerprint density at radius 1 is 0.880 bits per heavy atom. The molecule has 1 heterocycles. The number of anilines is 1. The van der Waals surface area contributed by atoms with E-state index < -0.39 is 0 Å². The van der Waals surface area contributed by atoms with Gasteiger partial charge in [-0.05, 0) is 35.7 Å². The van der Waals surface area contributed by atoms with Gasteiger partial charge in [0.1, 0.15) is 0 Å². The van der Waals surface area contributed by atoms with Crippen molar-refractivity contribution in [1.29, 1.82) is 0 Å². The fourth-order valence-electron chi connectivity index (χ4n) is 2.56. The number of nitrogens with zero attached hydrogens (tertiary/aromatic N) is 3. The Kier molecular flexibility index (Phi) is 5.19. The van der Waals surface area contributed by atoms with Gasteiger partial charge in [0.25, 0.3) is 5.91 Å². The topological polar surface area (TPSA) is 46.1 Å². The van der Waals surface area contributed by atoms with Crippen molar-refractivity contribution in [2.45, 2.75) is 26.3 Å². The molecule has 0 bridgehead atoms. The molecule has 2 aromatic carbocycles. The quantitative estimate of drug-likeness (QED) is 0.694. The van der Waals surface area contributed by atoms with Crippen molar-refractivity contribution < 1.29 is 4.79 Å². The number of carbonyl (C=O) groups is 1. The van der Waals surface area contributed by atoms with Crippen LogP contribution in [0.4, 0.5) is 5.69 Å². The molecule has 25 heavy (non-hydrogen) atoms. The summed E-state index contributed by atoms with van der Waals surface area (Å²) in [5.41, 5.74) is 3.13. The van der Waals surface area contributed by atoms with E-state index in [4.69, 9.17) is 0 Å². The first kappa shape index (κ1) is 16.8. The molecule has 3 aromatic rings. The maximum atomic E-state index is 13.1. The third-order valence-corrected chi connectivity index (χ3v) is 3.99. The Hall–Kier alpha value is -3.01. The second-order valence-corrected chi connectivity index (χ2v) is 6.21. The zero-order valence-electron chi connectivity index (χ0n) is 14.5. The van der Waals surface area contributed by atoms with Gasteiger partial charge in [0.2, 0.25) is 0 Å². The Balaban J connectivity index is 1.92. The predicted molar refractivity (Wildman–Crippen MR) is 99.5 cm³/mol. The number of aromatic nitrogens is 2. The van der Waals surface area contributed by atoms with Crippen LogP contribution >= 0.6 is 0 Å². The number of hydrogen-bond acceptors (Lipinski definition) is 3. The summed E-state index contributed by atoms with van der Waals surface area (Å²) in [5.74, 6) is 0.129. The summed E-state index contributed by atoms with van der Waals surface area (Å²) in [6, 6.07) is 23.2. The standard InChI is InChI=1S/C21H21N3O/c1-16(2)19-13-14-20(23-22-19)21(25)24(18-11-7-4-8-12-18)15-17-9-5-3-6-10-17/h3-14,16H,15H2,1-2H3. The van der Waals surface area contributed by atoms with E-state index >= 15 is 0 Å². The first-order valence-electron chi connectivity index (χ1n) is 8.39. The first-order valence-corrected chi connectivity index (χ1v) is 8.39. The summed E-state index contributed by atoms with van der Waals surface area (Å²) in [6.45, 7) is 4.59. The molecule has 0 unspecified atom stereocenters. The molecule has 1 amide bonds. The molecule has 126 valence electrons. The highest BCUT2D eigenvalue weighted by Crippen LogP contribution is 2.20. The summed E-state index contributed by atoms with van der Waals surface area (Å²) >= 11 is 0. The van der Waals surface area contributed by atoms with Crippen molar-refractivity contribution in [2.75, 3.05) is 4.90 Å². The molecule has 0 saturated heterocycles. The Labute approximate surface area is 148 Å². The number of para-hydroxylation sites is 1. The van der Waals surface area contributed by atoms with E-state index in [1.165, 1.54) is 0 Å². The number of amides is 1. The molecule has 0 aliphatic heterocycles. The predicted octanol–water partition coefficient (Wildman–Crippen LogP) is 4.45. The maximum Gasteiger partial charge on any atom is 0.279 e. The van der Waals surface area contributed by atoms with Crippen LogP contribution in [0.15, 0.2) is 72.8 Å². The number of hydrogen-bond donors (Lipinski definition) is 0. The third kappa shape index (κ3) is 4.10. The minimum absolute atomic E-state index is 0.155. The molecule has 0 radical (unpaired) electrons. The van der Waals surface area contributed by atoms with Crippen LogP contribution in [-0.4, -0.2) is 16.1 Å². The fourth-order valence-corrected chi connectivity index (χ4v) is 2.56. The van der Waals surface area contributed by atoms with Gasteiger partial charge in [-0.2, -0.15) is 5.10 Å². The lowest BCUT2D eigenvalue weighted by molar-refractivity contribution is 0.0979. The lowest BCUT2D eigenvalue weighted by atomic mass is 10.1. The van der Waals surface area contributed by atoms with E-state index in [9.17, 15) is 4.79 Å². The van der Waals surface area contributed by atoms with Crippen LogP contribution in [0, 0.1) is 0 Å². The van der Waals surface area contributed by atoms with Gasteiger partial charge in [0.15, 0.2) is 5.69 Å². The number of carbonyl (C=O) groups excluding carboxylic acids is 1. The maximum absolute atomic E-state index is 13.1. The van der Waals surface area contributed by atoms with Gasteiger partial charge in [-0.15, -0.1) is 5.10 Å². The molecule has 0 saturated carbocycles.